The number of pyridine rings is 1. The normalized spacial score (nSPS) is 10.3. The standard InChI is InChI=1S/C10H9N.H2/c1-8-4-5-10-9(7-8)3-2-6-11-10;/h2-7H,1H3;1H. The molecule has 11 heavy (non-hydrogen) atoms. The van der Waals surface area contributed by atoms with Gasteiger partial charge in [0.25, 0.3) is 0 Å². The average Bonchev–Trinajstić information content (AvgIpc) is 2.04. The molecular formula is C10H11N. The lowest BCUT2D eigenvalue weighted by atomic mass is 10.1. The fourth-order valence-corrected chi connectivity index (χ4v) is 1.20. The summed E-state index contributed by atoms with van der Waals surface area (Å²) in [6, 6.07) is 10.3. The van der Waals surface area contributed by atoms with Crippen molar-refractivity contribution in [1.29, 1.82) is 0 Å². The molecule has 56 valence electrons. The van der Waals surface area contributed by atoms with Gasteiger partial charge in [-0.25, -0.2) is 0 Å². The zero-order chi connectivity index (χ0) is 7.68. The predicted octanol–water partition coefficient (Wildman–Crippen LogP) is 2.79. The summed E-state index contributed by atoms with van der Waals surface area (Å²) in [7, 11) is 0. The van der Waals surface area contributed by atoms with Crippen LogP contribution in [0.4, 0.5) is 0 Å². The van der Waals surface area contributed by atoms with Crippen LogP contribution in [0.25, 0.3) is 10.9 Å². The van der Waals surface area contributed by atoms with E-state index < -0.39 is 0 Å². The molecule has 0 aliphatic heterocycles. The van der Waals surface area contributed by atoms with Gasteiger partial charge in [0.05, 0.1) is 5.52 Å². The first-order valence-corrected chi connectivity index (χ1v) is 3.68. The van der Waals surface area contributed by atoms with Crippen LogP contribution >= 0.6 is 0 Å². The third kappa shape index (κ3) is 1.09. The molecule has 1 heteroatoms. The van der Waals surface area contributed by atoms with Crippen LogP contribution in [0.1, 0.15) is 6.99 Å². The Kier molecular flexibility index (Phi) is 1.35. The Hall–Kier alpha value is -1.37. The summed E-state index contributed by atoms with van der Waals surface area (Å²) in [6.45, 7) is 2.09. The lowest BCUT2D eigenvalue weighted by Gasteiger charge is -1.95. The molecule has 0 spiro atoms. The fraction of sp³-hybridized carbons (Fsp3) is 0.100. The second-order valence-corrected chi connectivity index (χ2v) is 2.70. The molecule has 1 aromatic heterocycles. The maximum atomic E-state index is 4.22. The van der Waals surface area contributed by atoms with Crippen LogP contribution in [0, 0.1) is 6.92 Å². The Morgan fingerprint density at radius 2 is 2.18 bits per heavy atom. The van der Waals surface area contributed by atoms with E-state index in [2.05, 4.69) is 30.1 Å². The first-order chi connectivity index (χ1) is 5.36. The molecule has 0 fully saturated rings. The monoisotopic (exact) mass is 145 g/mol. The number of fused-ring (bicyclic) bond motifs is 1. The Bertz CT molecular complexity index is 384. The van der Waals surface area contributed by atoms with Gasteiger partial charge in [0.2, 0.25) is 0 Å². The van der Waals surface area contributed by atoms with Gasteiger partial charge in [0.1, 0.15) is 0 Å². The zero-order valence-corrected chi connectivity index (χ0v) is 6.41. The average molecular weight is 145 g/mol. The van der Waals surface area contributed by atoms with Crippen molar-refractivity contribution < 1.29 is 1.43 Å². The smallest absolute Gasteiger partial charge is 0.0702 e. The van der Waals surface area contributed by atoms with E-state index in [9.17, 15) is 0 Å². The van der Waals surface area contributed by atoms with E-state index >= 15 is 0 Å². The molecule has 1 heterocycles. The van der Waals surface area contributed by atoms with Gasteiger partial charge < -0.3 is 0 Å². The van der Waals surface area contributed by atoms with E-state index in [-0.39, 0.29) is 1.43 Å². The van der Waals surface area contributed by atoms with Crippen molar-refractivity contribution in [3.05, 3.63) is 42.1 Å². The Labute approximate surface area is 67.2 Å². The van der Waals surface area contributed by atoms with Gasteiger partial charge >= 0.3 is 0 Å². The minimum absolute atomic E-state index is 0. The molecule has 0 bridgehead atoms. The van der Waals surface area contributed by atoms with Gasteiger partial charge in [-0.15, -0.1) is 0 Å². The predicted molar refractivity (Wildman–Crippen MR) is 48.6 cm³/mol. The number of rotatable bonds is 0. The van der Waals surface area contributed by atoms with Crippen molar-refractivity contribution in [1.82, 2.24) is 4.98 Å². The van der Waals surface area contributed by atoms with Gasteiger partial charge in [0.15, 0.2) is 0 Å². The molecule has 1 nitrogen and oxygen atoms in total. The summed E-state index contributed by atoms with van der Waals surface area (Å²) in [5, 5.41) is 1.22. The number of aryl methyl sites for hydroxylation is 1. The third-order valence-electron chi connectivity index (χ3n) is 1.76. The van der Waals surface area contributed by atoms with E-state index in [1.807, 2.05) is 18.3 Å². The Balaban J connectivity index is 0.000000720. The summed E-state index contributed by atoms with van der Waals surface area (Å²) in [4.78, 5) is 4.22. The molecule has 0 saturated carbocycles. The van der Waals surface area contributed by atoms with E-state index in [1.165, 1.54) is 10.9 Å². The second kappa shape index (κ2) is 2.35. The van der Waals surface area contributed by atoms with Crippen molar-refractivity contribution in [2.45, 2.75) is 6.92 Å². The van der Waals surface area contributed by atoms with E-state index in [4.69, 9.17) is 0 Å². The van der Waals surface area contributed by atoms with Crippen molar-refractivity contribution in [2.24, 2.45) is 0 Å². The van der Waals surface area contributed by atoms with Gasteiger partial charge in [-0.3, -0.25) is 4.98 Å². The second-order valence-electron chi connectivity index (χ2n) is 2.70. The molecule has 0 unspecified atom stereocenters. The molecule has 0 N–H and O–H groups in total. The lowest BCUT2D eigenvalue weighted by Crippen LogP contribution is -1.77. The quantitative estimate of drug-likeness (QED) is 0.555. The number of benzene rings is 1. The topological polar surface area (TPSA) is 12.9 Å². The van der Waals surface area contributed by atoms with Gasteiger partial charge in [-0.1, -0.05) is 17.7 Å². The Morgan fingerprint density at radius 3 is 3.09 bits per heavy atom. The first-order valence-electron chi connectivity index (χ1n) is 3.68. The molecule has 0 amide bonds. The maximum Gasteiger partial charge on any atom is 0.0702 e. The summed E-state index contributed by atoms with van der Waals surface area (Å²) in [6.07, 6.45) is 1.82. The van der Waals surface area contributed by atoms with Crippen molar-refractivity contribution in [3.63, 3.8) is 0 Å². The molecule has 2 rings (SSSR count). The summed E-state index contributed by atoms with van der Waals surface area (Å²) < 4.78 is 0. The van der Waals surface area contributed by atoms with Crippen LogP contribution in [-0.4, -0.2) is 4.98 Å². The van der Waals surface area contributed by atoms with Crippen LogP contribution in [0.3, 0.4) is 0 Å². The van der Waals surface area contributed by atoms with Crippen LogP contribution in [-0.2, 0) is 0 Å². The van der Waals surface area contributed by atoms with E-state index in [1.54, 1.807) is 0 Å². The van der Waals surface area contributed by atoms with Crippen LogP contribution in [0.5, 0.6) is 0 Å². The highest BCUT2D eigenvalue weighted by atomic mass is 14.6. The van der Waals surface area contributed by atoms with Crippen LogP contribution < -0.4 is 0 Å². The summed E-state index contributed by atoms with van der Waals surface area (Å²) in [5.41, 5.74) is 2.35. The fourth-order valence-electron chi connectivity index (χ4n) is 1.20. The number of nitrogens with zero attached hydrogens (tertiary/aromatic N) is 1. The number of aromatic nitrogens is 1. The molecule has 0 aliphatic carbocycles. The third-order valence-corrected chi connectivity index (χ3v) is 1.76. The number of hydrogen-bond donors (Lipinski definition) is 0. The highest BCUT2D eigenvalue weighted by Crippen LogP contribution is 2.11. The minimum Gasteiger partial charge on any atom is -0.256 e. The van der Waals surface area contributed by atoms with Crippen molar-refractivity contribution in [3.8, 4) is 0 Å². The molecular weight excluding hydrogens is 134 g/mol. The molecule has 2 aromatic rings. The lowest BCUT2D eigenvalue weighted by molar-refractivity contribution is 1.39. The molecule has 0 saturated heterocycles. The van der Waals surface area contributed by atoms with Gasteiger partial charge in [0, 0.05) is 13.0 Å². The largest absolute Gasteiger partial charge is 0.256 e. The zero-order valence-electron chi connectivity index (χ0n) is 6.41. The minimum atomic E-state index is 0. The van der Waals surface area contributed by atoms with Crippen LogP contribution in [0.2, 0.25) is 0 Å². The van der Waals surface area contributed by atoms with Crippen LogP contribution in [0.15, 0.2) is 36.5 Å². The van der Waals surface area contributed by atoms with E-state index in [0.29, 0.717) is 0 Å². The highest BCUT2D eigenvalue weighted by Gasteiger charge is 1.90. The Morgan fingerprint density at radius 1 is 1.27 bits per heavy atom. The summed E-state index contributed by atoms with van der Waals surface area (Å²) >= 11 is 0. The highest BCUT2D eigenvalue weighted by molar-refractivity contribution is 5.78. The molecule has 0 aliphatic rings. The molecule has 1 aromatic carbocycles. The molecule has 0 radical (unpaired) electrons. The molecule has 0 atom stereocenters. The van der Waals surface area contributed by atoms with Crippen molar-refractivity contribution in [2.75, 3.05) is 0 Å². The van der Waals surface area contributed by atoms with E-state index in [0.717, 1.165) is 5.52 Å². The summed E-state index contributed by atoms with van der Waals surface area (Å²) in [5.74, 6) is 0. The first kappa shape index (κ1) is 6.35. The SMILES string of the molecule is Cc1ccc2ncccc2c1.[HH]. The van der Waals surface area contributed by atoms with Gasteiger partial charge in [-0.2, -0.15) is 0 Å². The van der Waals surface area contributed by atoms with Gasteiger partial charge in [-0.05, 0) is 25.1 Å². The maximum absolute atomic E-state index is 4.22. The van der Waals surface area contributed by atoms with Crippen molar-refractivity contribution >= 4 is 10.9 Å². The number of hydrogen-bond acceptors (Lipinski definition) is 1.